The van der Waals surface area contributed by atoms with Crippen molar-refractivity contribution in [2.75, 3.05) is 13.1 Å². The number of nitrogens with zero attached hydrogens (tertiary/aromatic N) is 2. The van der Waals surface area contributed by atoms with E-state index >= 15 is 0 Å². The molecule has 0 aromatic heterocycles. The molecule has 0 N–H and O–H groups in total. The van der Waals surface area contributed by atoms with E-state index < -0.39 is 0 Å². The summed E-state index contributed by atoms with van der Waals surface area (Å²) in [6.45, 7) is 8.36. The quantitative estimate of drug-likeness (QED) is 0.513. The van der Waals surface area contributed by atoms with Crippen LogP contribution in [0.25, 0.3) is 0 Å². The summed E-state index contributed by atoms with van der Waals surface area (Å²) in [4.78, 5) is 15.5. The van der Waals surface area contributed by atoms with E-state index in [2.05, 4.69) is 11.7 Å². The molecule has 0 heterocycles. The van der Waals surface area contributed by atoms with E-state index in [1.54, 1.807) is 4.90 Å². The van der Waals surface area contributed by atoms with Crippen LogP contribution in [0.3, 0.4) is 0 Å². The van der Waals surface area contributed by atoms with Gasteiger partial charge in [-0.05, 0) is 20.6 Å². The summed E-state index contributed by atoms with van der Waals surface area (Å²) in [6.07, 6.45) is 0. The van der Waals surface area contributed by atoms with Gasteiger partial charge in [0.1, 0.15) is 0 Å². The van der Waals surface area contributed by atoms with E-state index in [1.807, 2.05) is 13.8 Å². The Morgan fingerprint density at radius 1 is 1.56 bits per heavy atom. The fourth-order valence-electron chi connectivity index (χ4n) is 0.594. The van der Waals surface area contributed by atoms with Crippen LogP contribution in [0.2, 0.25) is 0 Å². The van der Waals surface area contributed by atoms with Gasteiger partial charge in [-0.25, -0.2) is 9.79 Å². The standard InChI is InChI=1S/C6H12N2O/c1-4-8(5-2)6(9)7-3/h3-5H2,1-2H3. The molecule has 0 aliphatic carbocycles. The highest BCUT2D eigenvalue weighted by atomic mass is 16.2. The summed E-state index contributed by atoms with van der Waals surface area (Å²) < 4.78 is 0. The van der Waals surface area contributed by atoms with E-state index in [0.717, 1.165) is 0 Å². The topological polar surface area (TPSA) is 32.7 Å². The highest BCUT2D eigenvalue weighted by Crippen LogP contribution is 1.89. The Labute approximate surface area is 55.4 Å². The van der Waals surface area contributed by atoms with Crippen molar-refractivity contribution >= 4 is 12.7 Å². The summed E-state index contributed by atoms with van der Waals surface area (Å²) in [7, 11) is 0. The minimum atomic E-state index is -0.236. The number of rotatable bonds is 2. The third kappa shape index (κ3) is 2.26. The first-order chi connectivity index (χ1) is 4.26. The largest absolute Gasteiger partial charge is 0.342 e. The van der Waals surface area contributed by atoms with Crippen molar-refractivity contribution in [1.29, 1.82) is 0 Å². The van der Waals surface area contributed by atoms with Crippen LogP contribution < -0.4 is 0 Å². The Balaban J connectivity index is 3.78. The van der Waals surface area contributed by atoms with E-state index in [9.17, 15) is 4.79 Å². The lowest BCUT2D eigenvalue weighted by molar-refractivity contribution is 0.214. The van der Waals surface area contributed by atoms with Crippen molar-refractivity contribution in [2.45, 2.75) is 13.8 Å². The van der Waals surface area contributed by atoms with E-state index in [4.69, 9.17) is 0 Å². The third-order valence-corrected chi connectivity index (χ3v) is 1.17. The maximum atomic E-state index is 10.7. The van der Waals surface area contributed by atoms with Gasteiger partial charge >= 0.3 is 6.03 Å². The average molecular weight is 128 g/mol. The average Bonchev–Trinajstić information content (AvgIpc) is 1.90. The first-order valence-corrected chi connectivity index (χ1v) is 3.01. The molecule has 0 unspecified atom stereocenters. The van der Waals surface area contributed by atoms with Gasteiger partial charge in [0, 0.05) is 13.1 Å². The number of hydrogen-bond donors (Lipinski definition) is 0. The van der Waals surface area contributed by atoms with Crippen molar-refractivity contribution in [2.24, 2.45) is 4.99 Å². The highest BCUT2D eigenvalue weighted by molar-refractivity contribution is 5.78. The lowest BCUT2D eigenvalue weighted by Crippen LogP contribution is -2.27. The molecule has 0 saturated carbocycles. The van der Waals surface area contributed by atoms with Crippen LogP contribution in [0.1, 0.15) is 13.8 Å². The van der Waals surface area contributed by atoms with Crippen LogP contribution in [0.15, 0.2) is 4.99 Å². The number of amides is 2. The van der Waals surface area contributed by atoms with Crippen molar-refractivity contribution in [1.82, 2.24) is 4.90 Å². The second-order valence-corrected chi connectivity index (χ2v) is 1.61. The molecule has 0 aliphatic rings. The number of aliphatic imine (C=N–C) groups is 1. The first-order valence-electron chi connectivity index (χ1n) is 3.01. The van der Waals surface area contributed by atoms with Gasteiger partial charge in [0.05, 0.1) is 0 Å². The maximum absolute atomic E-state index is 10.7. The summed E-state index contributed by atoms with van der Waals surface area (Å²) in [6, 6.07) is -0.236. The Kier molecular flexibility index (Phi) is 3.67. The molecule has 0 aromatic rings. The zero-order valence-corrected chi connectivity index (χ0v) is 5.92. The number of hydrogen-bond acceptors (Lipinski definition) is 1. The van der Waals surface area contributed by atoms with Gasteiger partial charge in [-0.2, -0.15) is 0 Å². The van der Waals surface area contributed by atoms with Crippen molar-refractivity contribution in [3.8, 4) is 0 Å². The SMILES string of the molecule is C=NC(=O)N(CC)CC. The number of carbonyl (C=O) groups is 1. The number of urea groups is 1. The van der Waals surface area contributed by atoms with Gasteiger partial charge in [0.2, 0.25) is 0 Å². The minimum Gasteiger partial charge on any atom is -0.323 e. The van der Waals surface area contributed by atoms with Gasteiger partial charge in [0.25, 0.3) is 0 Å². The smallest absolute Gasteiger partial charge is 0.323 e. The van der Waals surface area contributed by atoms with E-state index in [1.165, 1.54) is 0 Å². The van der Waals surface area contributed by atoms with Crippen LogP contribution in [0.5, 0.6) is 0 Å². The van der Waals surface area contributed by atoms with Gasteiger partial charge in [0.15, 0.2) is 0 Å². The second-order valence-electron chi connectivity index (χ2n) is 1.61. The van der Waals surface area contributed by atoms with Crippen LogP contribution in [0, 0.1) is 0 Å². The fraction of sp³-hybridized carbons (Fsp3) is 0.667. The van der Waals surface area contributed by atoms with Crippen molar-refractivity contribution < 1.29 is 4.79 Å². The molecule has 0 radical (unpaired) electrons. The molecule has 0 rings (SSSR count). The molecule has 0 spiro atoms. The molecule has 0 atom stereocenters. The molecule has 0 aliphatic heterocycles. The van der Waals surface area contributed by atoms with E-state index in [-0.39, 0.29) is 6.03 Å². The van der Waals surface area contributed by atoms with E-state index in [0.29, 0.717) is 13.1 Å². The normalized spacial score (nSPS) is 8.67. The van der Waals surface area contributed by atoms with Crippen LogP contribution in [-0.2, 0) is 0 Å². The minimum absolute atomic E-state index is 0.236. The predicted octanol–water partition coefficient (Wildman–Crippen LogP) is 1.15. The summed E-state index contributed by atoms with van der Waals surface area (Å²) in [5.41, 5.74) is 0. The Morgan fingerprint density at radius 3 is 2.11 bits per heavy atom. The van der Waals surface area contributed by atoms with Crippen molar-refractivity contribution in [3.05, 3.63) is 0 Å². The maximum Gasteiger partial charge on any atom is 0.342 e. The Bertz CT molecular complexity index is 108. The van der Waals surface area contributed by atoms with Gasteiger partial charge < -0.3 is 4.90 Å². The summed E-state index contributed by atoms with van der Waals surface area (Å²) in [5.74, 6) is 0. The molecule has 2 amide bonds. The predicted molar refractivity (Wildman–Crippen MR) is 37.9 cm³/mol. The van der Waals surface area contributed by atoms with Crippen LogP contribution in [0.4, 0.5) is 4.79 Å². The fourth-order valence-corrected chi connectivity index (χ4v) is 0.594. The molecule has 3 nitrogen and oxygen atoms in total. The number of carbonyl (C=O) groups excluding carboxylic acids is 1. The Hall–Kier alpha value is -0.860. The zero-order chi connectivity index (χ0) is 7.28. The lowest BCUT2D eigenvalue weighted by Gasteiger charge is -2.13. The summed E-state index contributed by atoms with van der Waals surface area (Å²) >= 11 is 0. The molecular weight excluding hydrogens is 116 g/mol. The van der Waals surface area contributed by atoms with Crippen LogP contribution in [-0.4, -0.2) is 30.7 Å². The molecule has 0 bridgehead atoms. The highest BCUT2D eigenvalue weighted by Gasteiger charge is 2.03. The first kappa shape index (κ1) is 8.14. The molecule has 0 saturated heterocycles. The molecule has 52 valence electrons. The second kappa shape index (κ2) is 4.06. The van der Waals surface area contributed by atoms with Crippen LogP contribution >= 0.6 is 0 Å². The monoisotopic (exact) mass is 128 g/mol. The van der Waals surface area contributed by atoms with Gasteiger partial charge in [-0.3, -0.25) is 0 Å². The molecule has 0 fully saturated rings. The molecule has 3 heteroatoms. The zero-order valence-electron chi connectivity index (χ0n) is 5.92. The lowest BCUT2D eigenvalue weighted by atomic mass is 10.5. The molecule has 9 heavy (non-hydrogen) atoms. The van der Waals surface area contributed by atoms with Gasteiger partial charge in [-0.15, -0.1) is 0 Å². The third-order valence-electron chi connectivity index (χ3n) is 1.17. The molecular formula is C6H12N2O. The molecule has 0 aromatic carbocycles. The van der Waals surface area contributed by atoms with Gasteiger partial charge in [-0.1, -0.05) is 0 Å². The Morgan fingerprint density at radius 2 is 2.00 bits per heavy atom. The van der Waals surface area contributed by atoms with Crippen molar-refractivity contribution in [3.63, 3.8) is 0 Å². The summed E-state index contributed by atoms with van der Waals surface area (Å²) in [5, 5.41) is 0.